The number of benzene rings is 1. The number of rotatable bonds is 3. The fourth-order valence-corrected chi connectivity index (χ4v) is 5.62. The van der Waals surface area contributed by atoms with Crippen molar-refractivity contribution >= 4 is 38.8 Å². The lowest BCUT2D eigenvalue weighted by Gasteiger charge is -2.32. The van der Waals surface area contributed by atoms with Crippen LogP contribution in [-0.2, 0) is 12.8 Å². The number of carbonyl (C=O) groups excluding carboxylic acids is 1. The van der Waals surface area contributed by atoms with Crippen molar-refractivity contribution in [1.29, 1.82) is 0 Å². The lowest BCUT2D eigenvalue weighted by Crippen LogP contribution is -2.44. The Morgan fingerprint density at radius 2 is 2.10 bits per heavy atom. The second-order valence-electron chi connectivity index (χ2n) is 8.34. The molecule has 0 bridgehead atoms. The van der Waals surface area contributed by atoms with Crippen LogP contribution in [0.1, 0.15) is 32.9 Å². The molecular weight excluding hydrogens is 413 g/mol. The first-order chi connectivity index (χ1) is 15.0. The van der Waals surface area contributed by atoms with Gasteiger partial charge in [0.05, 0.1) is 11.4 Å². The fourth-order valence-electron chi connectivity index (χ4n) is 4.58. The van der Waals surface area contributed by atoms with E-state index in [-0.39, 0.29) is 17.8 Å². The van der Waals surface area contributed by atoms with Gasteiger partial charge in [-0.25, -0.2) is 9.37 Å². The Morgan fingerprint density at radius 1 is 1.29 bits per heavy atom. The fraction of sp³-hybridized carbons (Fsp3) is 0.391. The maximum Gasteiger partial charge on any atom is 0.263 e. The van der Waals surface area contributed by atoms with Gasteiger partial charge in [0.2, 0.25) is 0 Å². The molecule has 1 fully saturated rings. The Hall–Kier alpha value is -2.71. The smallest absolute Gasteiger partial charge is 0.263 e. The maximum absolute atomic E-state index is 15.2. The topological polar surface area (TPSA) is 83.3 Å². The summed E-state index contributed by atoms with van der Waals surface area (Å²) in [6.07, 6.45) is 1.96. The van der Waals surface area contributed by atoms with Crippen LogP contribution in [0.4, 0.5) is 15.8 Å². The zero-order valence-electron chi connectivity index (χ0n) is 17.5. The number of nitrogen functional groups attached to an aromatic ring is 1. The number of halogens is 1. The standard InChI is InChI=1S/C23H26FN5OS/c1-13-2-5-17-20(25)21(31-23(17)27-13)22(30)28-15-4-6-16-14(12-15)3-7-18(19(16)24)29-10-8-26-9-11-29/h2-3,5,7,15,26H,4,6,8-12,25H2,1H3,(H,28,30)/t15-/m1/s1. The number of piperazine rings is 1. The van der Waals surface area contributed by atoms with Gasteiger partial charge in [-0.05, 0) is 55.5 Å². The van der Waals surface area contributed by atoms with Crippen LogP contribution in [0, 0.1) is 12.7 Å². The van der Waals surface area contributed by atoms with Crippen molar-refractivity contribution < 1.29 is 9.18 Å². The number of carbonyl (C=O) groups is 1. The first-order valence-electron chi connectivity index (χ1n) is 10.7. The Labute approximate surface area is 184 Å². The highest BCUT2D eigenvalue weighted by atomic mass is 32.1. The molecule has 4 N–H and O–H groups in total. The summed E-state index contributed by atoms with van der Waals surface area (Å²) in [6, 6.07) is 7.68. The van der Waals surface area contributed by atoms with E-state index in [9.17, 15) is 4.79 Å². The number of amides is 1. The molecule has 1 aliphatic heterocycles. The first-order valence-corrected chi connectivity index (χ1v) is 11.6. The molecule has 3 heterocycles. The van der Waals surface area contributed by atoms with Gasteiger partial charge >= 0.3 is 0 Å². The molecule has 2 aromatic heterocycles. The molecule has 0 spiro atoms. The number of fused-ring (bicyclic) bond motifs is 2. The molecule has 8 heteroatoms. The Balaban J connectivity index is 1.32. The minimum Gasteiger partial charge on any atom is -0.397 e. The Morgan fingerprint density at radius 3 is 2.90 bits per heavy atom. The maximum atomic E-state index is 15.2. The van der Waals surface area contributed by atoms with Gasteiger partial charge in [-0.1, -0.05) is 6.07 Å². The molecule has 0 unspecified atom stereocenters. The molecule has 31 heavy (non-hydrogen) atoms. The van der Waals surface area contributed by atoms with Gasteiger partial charge in [0.25, 0.3) is 5.91 Å². The van der Waals surface area contributed by atoms with E-state index in [0.717, 1.165) is 53.2 Å². The molecule has 0 radical (unpaired) electrons. The van der Waals surface area contributed by atoms with Gasteiger partial charge in [-0.3, -0.25) is 4.79 Å². The summed E-state index contributed by atoms with van der Waals surface area (Å²) < 4.78 is 15.2. The monoisotopic (exact) mass is 439 g/mol. The van der Waals surface area contributed by atoms with Crippen LogP contribution < -0.4 is 21.3 Å². The summed E-state index contributed by atoms with van der Waals surface area (Å²) in [6.45, 7) is 5.31. The highest BCUT2D eigenvalue weighted by Gasteiger charge is 2.27. The molecule has 1 atom stereocenters. The third-order valence-corrected chi connectivity index (χ3v) is 7.38. The SMILES string of the molecule is Cc1ccc2c(N)c(C(=O)N[C@@H]3CCc4c(ccc(N5CCNCC5)c4F)C3)sc2n1. The van der Waals surface area contributed by atoms with E-state index < -0.39 is 0 Å². The number of pyridine rings is 1. The predicted octanol–water partition coefficient (Wildman–Crippen LogP) is 3.02. The van der Waals surface area contributed by atoms with E-state index in [4.69, 9.17) is 5.73 Å². The molecule has 1 amide bonds. The molecule has 162 valence electrons. The molecular formula is C23H26FN5OS. The van der Waals surface area contributed by atoms with Gasteiger partial charge in [-0.15, -0.1) is 11.3 Å². The van der Waals surface area contributed by atoms with Crippen molar-refractivity contribution in [3.05, 3.63) is 51.8 Å². The minimum atomic E-state index is -0.176. The lowest BCUT2D eigenvalue weighted by atomic mass is 9.87. The zero-order chi connectivity index (χ0) is 21.5. The van der Waals surface area contributed by atoms with Crippen molar-refractivity contribution in [2.45, 2.75) is 32.2 Å². The van der Waals surface area contributed by atoms with Crippen LogP contribution in [0.15, 0.2) is 24.3 Å². The largest absolute Gasteiger partial charge is 0.397 e. The minimum absolute atomic E-state index is 0.0382. The van der Waals surface area contributed by atoms with Crippen LogP contribution in [0.5, 0.6) is 0 Å². The van der Waals surface area contributed by atoms with Crippen molar-refractivity contribution in [3.8, 4) is 0 Å². The van der Waals surface area contributed by atoms with Crippen LogP contribution in [-0.4, -0.2) is 43.1 Å². The molecule has 1 aromatic carbocycles. The second kappa shape index (κ2) is 8.09. The molecule has 3 aromatic rings. The summed E-state index contributed by atoms with van der Waals surface area (Å²) >= 11 is 1.32. The van der Waals surface area contributed by atoms with Crippen LogP contribution in [0.25, 0.3) is 10.2 Å². The van der Waals surface area contributed by atoms with E-state index in [1.807, 2.05) is 31.2 Å². The average Bonchev–Trinajstić information content (AvgIpc) is 3.10. The first kappa shape index (κ1) is 20.2. The summed E-state index contributed by atoms with van der Waals surface area (Å²) in [5.74, 6) is -0.274. The summed E-state index contributed by atoms with van der Waals surface area (Å²) in [5, 5.41) is 7.23. The number of nitrogens with zero attached hydrogens (tertiary/aromatic N) is 2. The summed E-state index contributed by atoms with van der Waals surface area (Å²) in [5.41, 5.74) is 10.1. The number of hydrogen-bond acceptors (Lipinski definition) is 6. The van der Waals surface area contributed by atoms with Gasteiger partial charge < -0.3 is 21.3 Å². The van der Waals surface area contributed by atoms with E-state index in [1.165, 1.54) is 11.3 Å². The average molecular weight is 440 g/mol. The van der Waals surface area contributed by atoms with E-state index in [2.05, 4.69) is 20.5 Å². The van der Waals surface area contributed by atoms with Crippen molar-refractivity contribution in [2.24, 2.45) is 0 Å². The third-order valence-electron chi connectivity index (χ3n) is 6.26. The number of anilines is 2. The van der Waals surface area contributed by atoms with Gasteiger partial charge in [0, 0.05) is 43.3 Å². The number of hydrogen-bond donors (Lipinski definition) is 3. The number of nitrogens with two attached hydrogens (primary N) is 1. The van der Waals surface area contributed by atoms with Crippen LogP contribution >= 0.6 is 11.3 Å². The predicted molar refractivity (Wildman–Crippen MR) is 124 cm³/mol. The van der Waals surface area contributed by atoms with Gasteiger partial charge in [-0.2, -0.15) is 0 Å². The van der Waals surface area contributed by atoms with Crippen LogP contribution in [0.2, 0.25) is 0 Å². The number of nitrogens with one attached hydrogen (secondary N) is 2. The van der Waals surface area contributed by atoms with E-state index >= 15 is 4.39 Å². The lowest BCUT2D eigenvalue weighted by molar-refractivity contribution is 0.0938. The quantitative estimate of drug-likeness (QED) is 0.584. The van der Waals surface area contributed by atoms with E-state index in [0.29, 0.717) is 35.5 Å². The molecule has 5 rings (SSSR count). The molecule has 1 saturated heterocycles. The third kappa shape index (κ3) is 3.74. The number of thiophene rings is 1. The van der Waals surface area contributed by atoms with Crippen LogP contribution in [0.3, 0.4) is 0 Å². The Kier molecular flexibility index (Phi) is 5.27. The summed E-state index contributed by atoms with van der Waals surface area (Å²) in [7, 11) is 0. The van der Waals surface area contributed by atoms with Crippen molar-refractivity contribution in [2.75, 3.05) is 36.8 Å². The molecule has 6 nitrogen and oxygen atoms in total. The van der Waals surface area contributed by atoms with Gasteiger partial charge in [0.1, 0.15) is 15.5 Å². The Bertz CT molecular complexity index is 1150. The molecule has 0 saturated carbocycles. The highest BCUT2D eigenvalue weighted by molar-refractivity contribution is 7.21. The normalized spacial score (nSPS) is 18.8. The van der Waals surface area contributed by atoms with E-state index in [1.54, 1.807) is 0 Å². The summed E-state index contributed by atoms with van der Waals surface area (Å²) in [4.78, 5) is 20.8. The number of aryl methyl sites for hydroxylation is 1. The molecule has 2 aliphatic rings. The molecule has 1 aliphatic carbocycles. The zero-order valence-corrected chi connectivity index (χ0v) is 18.3. The van der Waals surface area contributed by atoms with Crippen molar-refractivity contribution in [3.63, 3.8) is 0 Å². The van der Waals surface area contributed by atoms with Gasteiger partial charge in [0.15, 0.2) is 0 Å². The van der Waals surface area contributed by atoms with Crippen molar-refractivity contribution in [1.82, 2.24) is 15.6 Å². The second-order valence-corrected chi connectivity index (χ2v) is 9.34. The highest BCUT2D eigenvalue weighted by Crippen LogP contribution is 2.34. The number of aromatic nitrogens is 1.